The van der Waals surface area contributed by atoms with Gasteiger partial charge < -0.3 is 14.3 Å². The molecule has 1 amide bonds. The van der Waals surface area contributed by atoms with Gasteiger partial charge in [-0.05, 0) is 69.2 Å². The lowest BCUT2D eigenvalue weighted by Gasteiger charge is -2.40. The van der Waals surface area contributed by atoms with Crippen LogP contribution in [-0.4, -0.2) is 29.2 Å². The molecule has 4 aromatic rings. The summed E-state index contributed by atoms with van der Waals surface area (Å²) in [5, 5.41) is 0. The molecule has 0 spiro atoms. The minimum absolute atomic E-state index is 0.155. The molecule has 0 aliphatic heterocycles. The highest BCUT2D eigenvalue weighted by molar-refractivity contribution is 7.29. The molecular weight excluding hydrogens is 573 g/mol. The summed E-state index contributed by atoms with van der Waals surface area (Å²) < 4.78 is 75.8. The van der Waals surface area contributed by atoms with E-state index >= 15 is 0 Å². The fraction of sp³-hybridized carbons (Fsp3) is 0.286. The lowest BCUT2D eigenvalue weighted by molar-refractivity contribution is -0.274. The van der Waals surface area contributed by atoms with Gasteiger partial charge in [0.2, 0.25) is 0 Å². The first-order valence-corrected chi connectivity index (χ1v) is 13.7. The van der Waals surface area contributed by atoms with Gasteiger partial charge in [0, 0.05) is 49.3 Å². The van der Waals surface area contributed by atoms with E-state index in [4.69, 9.17) is 4.74 Å². The van der Waals surface area contributed by atoms with E-state index in [1.165, 1.54) is 51.8 Å². The summed E-state index contributed by atoms with van der Waals surface area (Å²) in [6.45, 7) is 5.36. The van der Waals surface area contributed by atoms with Gasteiger partial charge in [-0.3, -0.25) is 4.90 Å². The third-order valence-electron chi connectivity index (χ3n) is 5.76. The normalized spacial score (nSPS) is 12.8. The fourth-order valence-corrected chi connectivity index (χ4v) is 6.75. The van der Waals surface area contributed by atoms with Crippen molar-refractivity contribution < 1.29 is 41.0 Å². The van der Waals surface area contributed by atoms with Crippen LogP contribution in [0.2, 0.25) is 0 Å². The number of carbonyl (C=O) groups excluding carboxylic acids is 2. The maximum absolute atomic E-state index is 13.7. The van der Waals surface area contributed by atoms with Crippen LogP contribution in [0, 0.1) is 11.6 Å². The van der Waals surface area contributed by atoms with Crippen LogP contribution in [0.3, 0.4) is 0 Å². The van der Waals surface area contributed by atoms with Crippen molar-refractivity contribution in [3.8, 4) is 21.9 Å². The van der Waals surface area contributed by atoms with Gasteiger partial charge >= 0.3 is 12.5 Å². The van der Waals surface area contributed by atoms with Crippen LogP contribution in [0.5, 0.6) is 11.5 Å². The summed E-state index contributed by atoms with van der Waals surface area (Å²) in [7, 11) is 0. The number of thiophene rings is 2. The first-order chi connectivity index (χ1) is 18.7. The first-order valence-electron chi connectivity index (χ1n) is 12.0. The maximum atomic E-state index is 13.7. The second-order valence-corrected chi connectivity index (χ2v) is 12.0. The van der Waals surface area contributed by atoms with E-state index in [-0.39, 0.29) is 24.3 Å². The second kappa shape index (κ2) is 11.5. The van der Waals surface area contributed by atoms with Crippen molar-refractivity contribution in [2.75, 3.05) is 0 Å². The number of nitrogens with zero attached hydrogens (tertiary/aromatic N) is 1. The Balaban J connectivity index is 1.64. The third-order valence-corrected chi connectivity index (χ3v) is 8.20. The Morgan fingerprint density at radius 2 is 1.55 bits per heavy atom. The molecule has 12 heteroatoms. The van der Waals surface area contributed by atoms with Gasteiger partial charge in [0.05, 0.1) is 6.04 Å². The molecule has 212 valence electrons. The largest absolute Gasteiger partial charge is 0.573 e. The number of carbonyl (C=O) groups is 2. The maximum Gasteiger partial charge on any atom is 0.573 e. The molecule has 2 aromatic carbocycles. The van der Waals surface area contributed by atoms with E-state index in [0.717, 1.165) is 37.6 Å². The number of fused-ring (bicyclic) bond motifs is 1. The smallest absolute Gasteiger partial charge is 0.410 e. The fourth-order valence-electron chi connectivity index (χ4n) is 4.21. The molecule has 0 bridgehead atoms. The highest BCUT2D eigenvalue weighted by atomic mass is 32.1. The van der Waals surface area contributed by atoms with Crippen molar-refractivity contribution in [2.24, 2.45) is 0 Å². The summed E-state index contributed by atoms with van der Waals surface area (Å²) in [5.41, 5.74) is -0.0801. The molecule has 0 fully saturated rings. The Labute approximate surface area is 234 Å². The minimum atomic E-state index is -4.77. The molecule has 5 nitrogen and oxygen atoms in total. The van der Waals surface area contributed by atoms with E-state index in [0.29, 0.717) is 11.6 Å². The molecule has 2 heterocycles. The standard InChI is InChI=1S/C28H24F5NO4S2/c1-27(2,3)34(26(36)37-20-12-17(29)11-18(30)13-20)21(5-4-10-35)23-15-25-24(40-23)14-22(39-25)16-6-8-19(9-7-16)38-28(31,32)33/h6-15,21H,4-5H2,1-3H3. The highest BCUT2D eigenvalue weighted by Gasteiger charge is 2.37. The van der Waals surface area contributed by atoms with E-state index in [1.54, 1.807) is 20.8 Å². The zero-order valence-corrected chi connectivity index (χ0v) is 23.2. The number of benzene rings is 2. The summed E-state index contributed by atoms with van der Waals surface area (Å²) in [5.74, 6) is -2.38. The Morgan fingerprint density at radius 1 is 0.925 bits per heavy atom. The number of halogens is 5. The summed E-state index contributed by atoms with van der Waals surface area (Å²) in [6.07, 6.45) is -4.41. The van der Waals surface area contributed by atoms with Crippen LogP contribution in [0.1, 0.15) is 44.5 Å². The van der Waals surface area contributed by atoms with Crippen LogP contribution in [0.25, 0.3) is 19.8 Å². The number of ether oxygens (including phenoxy) is 2. The predicted octanol–water partition coefficient (Wildman–Crippen LogP) is 9.13. The molecule has 0 saturated carbocycles. The Morgan fingerprint density at radius 3 is 2.10 bits per heavy atom. The van der Waals surface area contributed by atoms with E-state index in [9.17, 15) is 31.5 Å². The second-order valence-electron chi connectivity index (χ2n) is 9.83. The molecular formula is C28H24F5NO4S2. The monoisotopic (exact) mass is 597 g/mol. The summed E-state index contributed by atoms with van der Waals surface area (Å²) in [6, 6.07) is 11.3. The lowest BCUT2D eigenvalue weighted by atomic mass is 9.99. The molecule has 40 heavy (non-hydrogen) atoms. The zero-order chi connectivity index (χ0) is 29.2. The number of alkyl halides is 3. The van der Waals surface area contributed by atoms with Gasteiger partial charge in [-0.25, -0.2) is 13.6 Å². The van der Waals surface area contributed by atoms with Gasteiger partial charge in [0.15, 0.2) is 0 Å². The number of rotatable bonds is 8. The SMILES string of the molecule is CC(C)(C)N(C(=O)Oc1cc(F)cc(F)c1)C(CCC=O)c1cc2sc(-c3ccc(OC(F)(F)F)cc3)cc2s1. The summed E-state index contributed by atoms with van der Waals surface area (Å²) in [4.78, 5) is 27.7. The minimum Gasteiger partial charge on any atom is -0.410 e. The van der Waals surface area contributed by atoms with Gasteiger partial charge in [0.25, 0.3) is 0 Å². The topological polar surface area (TPSA) is 55.8 Å². The van der Waals surface area contributed by atoms with Gasteiger partial charge in [0.1, 0.15) is 29.4 Å². The number of aldehydes is 1. The Hall–Kier alpha value is -3.51. The third kappa shape index (κ3) is 7.16. The van der Waals surface area contributed by atoms with Crippen LogP contribution in [0.4, 0.5) is 26.7 Å². The van der Waals surface area contributed by atoms with Crippen LogP contribution >= 0.6 is 22.7 Å². The van der Waals surface area contributed by atoms with Crippen LogP contribution < -0.4 is 9.47 Å². The van der Waals surface area contributed by atoms with Crippen molar-refractivity contribution in [3.05, 3.63) is 71.1 Å². The van der Waals surface area contributed by atoms with Crippen LogP contribution in [0.15, 0.2) is 54.6 Å². The lowest BCUT2D eigenvalue weighted by Crippen LogP contribution is -2.49. The molecule has 0 N–H and O–H groups in total. The Kier molecular flexibility index (Phi) is 8.50. The van der Waals surface area contributed by atoms with Crippen molar-refractivity contribution in [1.82, 2.24) is 4.90 Å². The molecule has 0 radical (unpaired) electrons. The van der Waals surface area contributed by atoms with Crippen molar-refractivity contribution in [3.63, 3.8) is 0 Å². The van der Waals surface area contributed by atoms with E-state index in [2.05, 4.69) is 4.74 Å². The first kappa shape index (κ1) is 29.5. The van der Waals surface area contributed by atoms with E-state index < -0.39 is 35.7 Å². The predicted molar refractivity (Wildman–Crippen MR) is 144 cm³/mol. The molecule has 0 saturated heterocycles. The zero-order valence-electron chi connectivity index (χ0n) is 21.6. The van der Waals surface area contributed by atoms with Gasteiger partial charge in [-0.15, -0.1) is 35.8 Å². The molecule has 4 rings (SSSR count). The Bertz CT molecular complexity index is 1450. The highest BCUT2D eigenvalue weighted by Crippen LogP contribution is 2.44. The molecule has 0 aliphatic rings. The molecule has 1 unspecified atom stereocenters. The number of hydrogen-bond donors (Lipinski definition) is 0. The van der Waals surface area contributed by atoms with Crippen molar-refractivity contribution in [2.45, 2.75) is 51.6 Å². The molecule has 1 atom stereocenters. The van der Waals surface area contributed by atoms with Crippen LogP contribution in [-0.2, 0) is 4.79 Å². The van der Waals surface area contributed by atoms with Gasteiger partial charge in [-0.1, -0.05) is 0 Å². The van der Waals surface area contributed by atoms with Gasteiger partial charge in [-0.2, -0.15) is 0 Å². The molecule has 2 aromatic heterocycles. The average Bonchev–Trinajstić information content (AvgIpc) is 3.39. The summed E-state index contributed by atoms with van der Waals surface area (Å²) >= 11 is 2.83. The van der Waals surface area contributed by atoms with Crippen molar-refractivity contribution in [1.29, 1.82) is 0 Å². The van der Waals surface area contributed by atoms with E-state index in [1.807, 2.05) is 12.1 Å². The number of hydrogen-bond acceptors (Lipinski definition) is 6. The molecule has 0 aliphatic carbocycles. The average molecular weight is 598 g/mol. The number of amides is 1. The van der Waals surface area contributed by atoms with Crippen molar-refractivity contribution >= 4 is 44.5 Å². The quantitative estimate of drug-likeness (QED) is 0.150.